The number of hydrogen-bond donors (Lipinski definition) is 3. The SMILES string of the molecule is Nc1ccc(-c2ccccn2)c(N)c1N. The molecule has 4 nitrogen and oxygen atoms in total. The summed E-state index contributed by atoms with van der Waals surface area (Å²) < 4.78 is 0. The third kappa shape index (κ3) is 1.57. The van der Waals surface area contributed by atoms with Crippen molar-refractivity contribution in [1.29, 1.82) is 0 Å². The molecule has 0 saturated heterocycles. The lowest BCUT2D eigenvalue weighted by Gasteiger charge is -2.09. The highest BCUT2D eigenvalue weighted by atomic mass is 14.8. The number of nitrogen functional groups attached to an aromatic ring is 3. The quantitative estimate of drug-likeness (QED) is 0.608. The minimum atomic E-state index is 0.415. The van der Waals surface area contributed by atoms with Crippen molar-refractivity contribution in [3.63, 3.8) is 0 Å². The van der Waals surface area contributed by atoms with E-state index in [1.807, 2.05) is 24.3 Å². The van der Waals surface area contributed by atoms with Crippen molar-refractivity contribution in [3.8, 4) is 11.3 Å². The van der Waals surface area contributed by atoms with Crippen LogP contribution < -0.4 is 17.2 Å². The van der Waals surface area contributed by atoms with E-state index in [9.17, 15) is 0 Å². The van der Waals surface area contributed by atoms with Gasteiger partial charge in [0.05, 0.1) is 22.8 Å². The first-order chi connectivity index (χ1) is 7.20. The minimum absolute atomic E-state index is 0.415. The summed E-state index contributed by atoms with van der Waals surface area (Å²) in [7, 11) is 0. The molecule has 0 aliphatic carbocycles. The monoisotopic (exact) mass is 200 g/mol. The van der Waals surface area contributed by atoms with Crippen LogP contribution in [0.25, 0.3) is 11.3 Å². The van der Waals surface area contributed by atoms with Crippen LogP contribution in [0.4, 0.5) is 17.1 Å². The van der Waals surface area contributed by atoms with Crippen LogP contribution in [0, 0.1) is 0 Å². The molecule has 0 spiro atoms. The van der Waals surface area contributed by atoms with Gasteiger partial charge in [-0.3, -0.25) is 4.98 Å². The van der Waals surface area contributed by atoms with Crippen LogP contribution in [0.3, 0.4) is 0 Å². The van der Waals surface area contributed by atoms with Crippen molar-refractivity contribution >= 4 is 17.1 Å². The third-order valence-electron chi connectivity index (χ3n) is 2.26. The smallest absolute Gasteiger partial charge is 0.0788 e. The van der Waals surface area contributed by atoms with E-state index >= 15 is 0 Å². The highest BCUT2D eigenvalue weighted by Crippen LogP contribution is 2.32. The number of nitrogens with two attached hydrogens (primary N) is 3. The first-order valence-corrected chi connectivity index (χ1v) is 4.55. The number of hydrogen-bond acceptors (Lipinski definition) is 4. The van der Waals surface area contributed by atoms with Crippen LogP contribution >= 0.6 is 0 Å². The second kappa shape index (κ2) is 3.49. The van der Waals surface area contributed by atoms with Crippen LogP contribution in [0.5, 0.6) is 0 Å². The topological polar surface area (TPSA) is 90.9 Å². The third-order valence-corrected chi connectivity index (χ3v) is 2.26. The summed E-state index contributed by atoms with van der Waals surface area (Å²) >= 11 is 0. The molecule has 0 saturated carbocycles. The highest BCUT2D eigenvalue weighted by Gasteiger charge is 2.08. The molecule has 4 heteroatoms. The van der Waals surface area contributed by atoms with Gasteiger partial charge in [0.2, 0.25) is 0 Å². The van der Waals surface area contributed by atoms with E-state index in [-0.39, 0.29) is 0 Å². The largest absolute Gasteiger partial charge is 0.397 e. The number of anilines is 3. The van der Waals surface area contributed by atoms with Crippen molar-refractivity contribution in [2.45, 2.75) is 0 Å². The Kier molecular flexibility index (Phi) is 2.17. The molecule has 6 N–H and O–H groups in total. The molecular formula is C11H12N4. The zero-order valence-corrected chi connectivity index (χ0v) is 8.14. The molecule has 2 rings (SSSR count). The van der Waals surface area contributed by atoms with Gasteiger partial charge in [0.25, 0.3) is 0 Å². The standard InChI is InChI=1S/C11H12N4/c12-8-5-4-7(10(13)11(8)14)9-3-1-2-6-15-9/h1-6H,12-14H2. The van der Waals surface area contributed by atoms with Crippen molar-refractivity contribution in [2.75, 3.05) is 17.2 Å². The summed E-state index contributed by atoms with van der Waals surface area (Å²) in [6, 6.07) is 9.18. The summed E-state index contributed by atoms with van der Waals surface area (Å²) in [5, 5.41) is 0. The van der Waals surface area contributed by atoms with Crippen LogP contribution in [-0.4, -0.2) is 4.98 Å². The van der Waals surface area contributed by atoms with Gasteiger partial charge >= 0.3 is 0 Å². The van der Waals surface area contributed by atoms with E-state index in [4.69, 9.17) is 17.2 Å². The Morgan fingerprint density at radius 1 is 0.867 bits per heavy atom. The molecule has 1 aromatic heterocycles. The Labute approximate surface area is 87.7 Å². The molecule has 0 aliphatic rings. The van der Waals surface area contributed by atoms with Crippen LogP contribution in [0.15, 0.2) is 36.5 Å². The molecule has 1 heterocycles. The lowest BCUT2D eigenvalue weighted by molar-refractivity contribution is 1.33. The van der Waals surface area contributed by atoms with E-state index in [0.29, 0.717) is 17.1 Å². The maximum atomic E-state index is 5.87. The molecule has 76 valence electrons. The molecule has 0 aliphatic heterocycles. The number of nitrogens with zero attached hydrogens (tertiary/aromatic N) is 1. The average Bonchev–Trinajstić information content (AvgIpc) is 2.27. The van der Waals surface area contributed by atoms with Crippen molar-refractivity contribution in [2.24, 2.45) is 0 Å². The van der Waals surface area contributed by atoms with E-state index < -0.39 is 0 Å². The molecule has 15 heavy (non-hydrogen) atoms. The van der Waals surface area contributed by atoms with Crippen LogP contribution in [-0.2, 0) is 0 Å². The predicted octanol–water partition coefficient (Wildman–Crippen LogP) is 1.50. The molecule has 1 aromatic carbocycles. The van der Waals surface area contributed by atoms with Crippen LogP contribution in [0.2, 0.25) is 0 Å². The summed E-state index contributed by atoms with van der Waals surface area (Å²) in [6.45, 7) is 0. The summed E-state index contributed by atoms with van der Waals surface area (Å²) in [5.41, 5.74) is 20.2. The van der Waals surface area contributed by atoms with E-state index in [1.54, 1.807) is 12.3 Å². The van der Waals surface area contributed by atoms with Crippen molar-refractivity contribution in [1.82, 2.24) is 4.98 Å². The van der Waals surface area contributed by atoms with Gasteiger partial charge in [-0.05, 0) is 24.3 Å². The molecule has 0 unspecified atom stereocenters. The summed E-state index contributed by atoms with van der Waals surface area (Å²) in [5.74, 6) is 0. The van der Waals surface area contributed by atoms with Crippen molar-refractivity contribution in [3.05, 3.63) is 36.5 Å². The Morgan fingerprint density at radius 2 is 1.67 bits per heavy atom. The van der Waals surface area contributed by atoms with Gasteiger partial charge in [0.1, 0.15) is 0 Å². The van der Waals surface area contributed by atoms with Crippen molar-refractivity contribution < 1.29 is 0 Å². The van der Waals surface area contributed by atoms with Gasteiger partial charge in [-0.1, -0.05) is 6.07 Å². The predicted molar refractivity (Wildman–Crippen MR) is 62.9 cm³/mol. The highest BCUT2D eigenvalue weighted by molar-refractivity contribution is 5.89. The second-order valence-corrected chi connectivity index (χ2v) is 3.24. The van der Waals surface area contributed by atoms with E-state index in [2.05, 4.69) is 4.98 Å². The Bertz CT molecular complexity index is 479. The number of pyridine rings is 1. The second-order valence-electron chi connectivity index (χ2n) is 3.24. The maximum Gasteiger partial charge on any atom is 0.0788 e. The van der Waals surface area contributed by atoms with E-state index in [1.165, 1.54) is 0 Å². The van der Waals surface area contributed by atoms with Gasteiger partial charge in [-0.15, -0.1) is 0 Å². The number of rotatable bonds is 1. The first-order valence-electron chi connectivity index (χ1n) is 4.55. The van der Waals surface area contributed by atoms with Gasteiger partial charge in [0.15, 0.2) is 0 Å². The minimum Gasteiger partial charge on any atom is -0.397 e. The van der Waals surface area contributed by atoms with Gasteiger partial charge in [-0.25, -0.2) is 0 Å². The van der Waals surface area contributed by atoms with E-state index in [0.717, 1.165) is 11.3 Å². The fourth-order valence-electron chi connectivity index (χ4n) is 1.40. The Hall–Kier alpha value is -2.23. The molecular weight excluding hydrogens is 188 g/mol. The maximum absolute atomic E-state index is 5.87. The average molecular weight is 200 g/mol. The number of aromatic nitrogens is 1. The fraction of sp³-hybridized carbons (Fsp3) is 0. The zero-order valence-electron chi connectivity index (χ0n) is 8.14. The molecule has 0 fully saturated rings. The number of benzene rings is 1. The normalized spacial score (nSPS) is 10.1. The van der Waals surface area contributed by atoms with Gasteiger partial charge in [-0.2, -0.15) is 0 Å². The lowest BCUT2D eigenvalue weighted by Crippen LogP contribution is -2.02. The summed E-state index contributed by atoms with van der Waals surface area (Å²) in [6.07, 6.45) is 1.71. The molecule has 2 aromatic rings. The van der Waals surface area contributed by atoms with Gasteiger partial charge < -0.3 is 17.2 Å². The molecule has 0 radical (unpaired) electrons. The van der Waals surface area contributed by atoms with Gasteiger partial charge in [0, 0.05) is 11.8 Å². The lowest BCUT2D eigenvalue weighted by atomic mass is 10.1. The molecule has 0 atom stereocenters. The Balaban J connectivity index is 2.60. The zero-order chi connectivity index (χ0) is 10.8. The molecule has 0 bridgehead atoms. The molecule has 0 amide bonds. The first kappa shape index (κ1) is 9.33. The Morgan fingerprint density at radius 3 is 2.33 bits per heavy atom. The fourth-order valence-corrected chi connectivity index (χ4v) is 1.40. The summed E-state index contributed by atoms with van der Waals surface area (Å²) in [4.78, 5) is 4.20. The van der Waals surface area contributed by atoms with Crippen LogP contribution in [0.1, 0.15) is 0 Å².